The van der Waals surface area contributed by atoms with E-state index < -0.39 is 68.2 Å². The molecule has 3 heterocycles. The number of hydrogen-bond acceptors (Lipinski definition) is 11. The first kappa shape index (κ1) is 44.7. The van der Waals surface area contributed by atoms with Crippen LogP contribution >= 0.6 is 0 Å². The topological polar surface area (TPSA) is 194 Å². The summed E-state index contributed by atoms with van der Waals surface area (Å²) in [7, 11) is -4.01. The lowest BCUT2D eigenvalue weighted by atomic mass is 9.83. The van der Waals surface area contributed by atoms with Crippen LogP contribution in [0.25, 0.3) is 10.9 Å². The number of sulfonamides is 1. The molecule has 2 aliphatic heterocycles. The summed E-state index contributed by atoms with van der Waals surface area (Å²) in [6.07, 6.45) is 15.1. The van der Waals surface area contributed by atoms with Crippen LogP contribution in [0.2, 0.25) is 0 Å². The quantitative estimate of drug-likeness (QED) is 0.142. The molecule has 5 aliphatic carbocycles. The molecule has 2 aromatic rings. The fourth-order valence-corrected chi connectivity index (χ4v) is 11.7. The van der Waals surface area contributed by atoms with Crippen molar-refractivity contribution < 1.29 is 41.8 Å². The molecule has 0 spiro atoms. The van der Waals surface area contributed by atoms with Gasteiger partial charge in [-0.25, -0.2) is 18.2 Å². The van der Waals surface area contributed by atoms with Crippen LogP contribution in [-0.2, 0) is 35.6 Å². The number of hydrogen-bond donors (Lipinski definition) is 4. The van der Waals surface area contributed by atoms with Gasteiger partial charge in [-0.1, -0.05) is 56.7 Å². The van der Waals surface area contributed by atoms with Gasteiger partial charge >= 0.3 is 6.09 Å². The third kappa shape index (κ3) is 9.45. The number of fused-ring (bicyclic) bond motifs is 5. The van der Waals surface area contributed by atoms with E-state index in [4.69, 9.17) is 19.2 Å². The van der Waals surface area contributed by atoms with Crippen molar-refractivity contribution in [2.45, 2.75) is 170 Å². The average molecular weight is 903 g/mol. The number of aromatic nitrogens is 1. The fraction of sp³-hybridized carbons (Fsp3) is 0.688. The number of carbonyl (C=O) groups excluding carboxylic acids is 4. The Morgan fingerprint density at radius 3 is 2.45 bits per heavy atom. The van der Waals surface area contributed by atoms with Gasteiger partial charge in [-0.3, -0.25) is 19.1 Å². The zero-order valence-electron chi connectivity index (χ0n) is 37.2. The minimum atomic E-state index is -4.01. The summed E-state index contributed by atoms with van der Waals surface area (Å²) in [4.78, 5) is 63.9. The third-order valence-electron chi connectivity index (χ3n) is 15.3. The molecule has 64 heavy (non-hydrogen) atoms. The van der Waals surface area contributed by atoms with Crippen LogP contribution in [0.15, 0.2) is 36.9 Å². The lowest BCUT2D eigenvalue weighted by Crippen LogP contribution is -2.59. The third-order valence-corrected chi connectivity index (χ3v) is 17.5. The maximum Gasteiger partial charge on any atom is 0.408 e. The molecule has 1 aromatic heterocycles. The number of nitrogens with zero attached hydrogens (tertiary/aromatic N) is 2. The first-order valence-electron chi connectivity index (χ1n) is 24.1. The monoisotopic (exact) mass is 902 g/mol. The first-order chi connectivity index (χ1) is 30.9. The van der Waals surface area contributed by atoms with E-state index >= 15 is 4.79 Å². The van der Waals surface area contributed by atoms with E-state index in [2.05, 4.69) is 27.3 Å². The highest BCUT2D eigenvalue weighted by molar-refractivity contribution is 7.91. The normalized spacial score (nSPS) is 30.7. The molecule has 6 fully saturated rings. The summed E-state index contributed by atoms with van der Waals surface area (Å²) in [6.45, 7) is 6.83. The summed E-state index contributed by atoms with van der Waals surface area (Å²) in [5, 5.41) is 10.4. The van der Waals surface area contributed by atoms with Gasteiger partial charge < -0.3 is 35.1 Å². The van der Waals surface area contributed by atoms with E-state index in [1.807, 2.05) is 24.3 Å². The molecule has 9 rings (SSSR count). The van der Waals surface area contributed by atoms with Crippen LogP contribution in [0.1, 0.15) is 128 Å². The molecule has 0 unspecified atom stereocenters. The molecule has 348 valence electrons. The Morgan fingerprint density at radius 2 is 1.73 bits per heavy atom. The number of carbonyl (C=O) groups is 4. The molecule has 5 saturated carbocycles. The number of para-hydroxylation sites is 1. The zero-order valence-corrected chi connectivity index (χ0v) is 38.1. The van der Waals surface area contributed by atoms with Crippen LogP contribution in [0.5, 0.6) is 11.6 Å². The minimum Gasteiger partial charge on any atom is -0.492 e. The van der Waals surface area contributed by atoms with Gasteiger partial charge in [0.25, 0.3) is 5.91 Å². The molecule has 4 amide bonds. The van der Waals surface area contributed by atoms with Gasteiger partial charge in [0.05, 0.1) is 29.0 Å². The second kappa shape index (κ2) is 18.4. The molecular weight excluding hydrogens is 837 g/mol. The van der Waals surface area contributed by atoms with Gasteiger partial charge in [-0.15, -0.1) is 6.58 Å². The minimum absolute atomic E-state index is 0.00928. The second-order valence-electron chi connectivity index (χ2n) is 20.0. The number of alkyl carbamates (subject to hydrolysis) is 1. The van der Waals surface area contributed by atoms with E-state index in [0.717, 1.165) is 93.9 Å². The molecular formula is C48H66N6O9S. The number of pyridine rings is 1. The molecule has 7 aliphatic rings. The van der Waals surface area contributed by atoms with Crippen LogP contribution in [-0.4, -0.2) is 102 Å². The Bertz CT molecular complexity index is 2220. The Hall–Kier alpha value is -4.44. The highest BCUT2D eigenvalue weighted by Crippen LogP contribution is 2.47. The van der Waals surface area contributed by atoms with Crippen molar-refractivity contribution >= 4 is 44.7 Å². The molecule has 4 N–H and O–H groups in total. The second-order valence-corrected chi connectivity index (χ2v) is 22.2. The van der Waals surface area contributed by atoms with Gasteiger partial charge in [0.1, 0.15) is 35.6 Å². The predicted octanol–water partition coefficient (Wildman–Crippen LogP) is 5.73. The Balaban J connectivity index is 1.04. The summed E-state index contributed by atoms with van der Waals surface area (Å²) in [5.74, 6) is -1.14. The van der Waals surface area contributed by atoms with Gasteiger partial charge in [-0.2, -0.15) is 0 Å². The molecule has 2 bridgehead atoms. The lowest BCUT2D eigenvalue weighted by Gasteiger charge is -2.34. The number of ether oxygens (including phenoxy) is 3. The van der Waals surface area contributed by atoms with Crippen molar-refractivity contribution in [2.24, 2.45) is 17.8 Å². The number of nitrogens with one attached hydrogen (secondary N) is 4. The predicted molar refractivity (Wildman–Crippen MR) is 240 cm³/mol. The van der Waals surface area contributed by atoms with Crippen molar-refractivity contribution in [3.8, 4) is 11.6 Å². The average Bonchev–Trinajstić information content (AvgIpc) is 4.23. The number of benzene rings is 1. The van der Waals surface area contributed by atoms with Crippen molar-refractivity contribution in [3.05, 3.63) is 42.5 Å². The Kier molecular flexibility index (Phi) is 12.9. The largest absolute Gasteiger partial charge is 0.492 e. The smallest absolute Gasteiger partial charge is 0.408 e. The highest BCUT2D eigenvalue weighted by Gasteiger charge is 2.63. The Labute approximate surface area is 377 Å². The van der Waals surface area contributed by atoms with Gasteiger partial charge in [-0.05, 0) is 114 Å². The first-order valence-corrected chi connectivity index (χ1v) is 25.6. The van der Waals surface area contributed by atoms with Crippen LogP contribution in [0, 0.1) is 17.8 Å². The molecule has 1 aromatic carbocycles. The summed E-state index contributed by atoms with van der Waals surface area (Å²) < 4.78 is 47.2. The van der Waals surface area contributed by atoms with E-state index in [-0.39, 0.29) is 37.3 Å². The van der Waals surface area contributed by atoms with Gasteiger partial charge in [0, 0.05) is 23.8 Å². The van der Waals surface area contributed by atoms with E-state index in [1.165, 1.54) is 24.2 Å². The molecule has 16 heteroatoms. The van der Waals surface area contributed by atoms with E-state index in [1.54, 1.807) is 13.0 Å². The molecule has 0 radical (unpaired) electrons. The fourth-order valence-electron chi connectivity index (χ4n) is 10.4. The van der Waals surface area contributed by atoms with Crippen molar-refractivity contribution in [1.82, 2.24) is 30.6 Å². The van der Waals surface area contributed by atoms with Gasteiger partial charge in [0.2, 0.25) is 27.7 Å². The maximum absolute atomic E-state index is 15.1. The Morgan fingerprint density at radius 1 is 0.984 bits per heavy atom. The molecule has 7 atom stereocenters. The van der Waals surface area contributed by atoms with Crippen molar-refractivity contribution in [2.75, 3.05) is 19.7 Å². The SMILES string of the molecule is C=C[C@@H]1C[C@]1(NC(=O)[C@@H]1C[C@@H]2CN1C(=O)[C@H](C1CCCCC1)NC(=O)O[C@@H]1C[C@H]1CCCCCc1c(nc3ccccc3c1OCCCNC1CCC1)O2)C(=O)NS(=O)(=O)C1(C)CC1. The van der Waals surface area contributed by atoms with Crippen molar-refractivity contribution in [3.63, 3.8) is 0 Å². The lowest BCUT2D eigenvalue weighted by molar-refractivity contribution is -0.142. The summed E-state index contributed by atoms with van der Waals surface area (Å²) in [5.41, 5.74) is -0.00107. The summed E-state index contributed by atoms with van der Waals surface area (Å²) >= 11 is 0. The van der Waals surface area contributed by atoms with Gasteiger partial charge in [0.15, 0.2) is 0 Å². The zero-order chi connectivity index (χ0) is 44.6. The number of rotatable bonds is 13. The van der Waals surface area contributed by atoms with Crippen molar-refractivity contribution in [1.29, 1.82) is 0 Å². The molecule has 1 saturated heterocycles. The van der Waals surface area contributed by atoms with Crippen LogP contribution in [0.4, 0.5) is 4.79 Å². The van der Waals surface area contributed by atoms with Crippen LogP contribution in [0.3, 0.4) is 0 Å². The summed E-state index contributed by atoms with van der Waals surface area (Å²) in [6, 6.07) is 6.38. The maximum atomic E-state index is 15.1. The highest BCUT2D eigenvalue weighted by atomic mass is 32.2. The molecule has 15 nitrogen and oxygen atoms in total. The number of amides is 4. The van der Waals surface area contributed by atoms with E-state index in [9.17, 15) is 22.8 Å². The van der Waals surface area contributed by atoms with Crippen LogP contribution < -0.4 is 30.1 Å². The standard InChI is InChI=1S/C48H66N6O9S/c1-3-32-28-48(32,45(57)53-64(59,60)47(2)22-23-47)52-42(55)38-27-34-29-54(38)44(56)40(30-14-6-4-7-15-30)51-46(58)63-39-26-31(39)16-8-5-9-20-36-41(61-25-13-24-49-33-17-12-18-33)35-19-10-11-21-37(35)50-43(36)62-34/h3,10-11,19,21,30-34,38-40,49H,1,4-9,12-18,20,22-29H2,2H3,(H,51,58)(H,52,55)(H,53,57)/t31-,32-,34-,38+,39-,40+,48-/m1/s1. The van der Waals surface area contributed by atoms with E-state index in [0.29, 0.717) is 43.3 Å².